The summed E-state index contributed by atoms with van der Waals surface area (Å²) in [5.41, 5.74) is 3.95. The number of hydrogen-bond donors (Lipinski definition) is 7. The third-order valence-electron chi connectivity index (χ3n) is 18.2. The van der Waals surface area contributed by atoms with Gasteiger partial charge in [0.15, 0.2) is 0 Å². The lowest BCUT2D eigenvalue weighted by atomic mass is 9.91. The van der Waals surface area contributed by atoms with E-state index in [1.54, 1.807) is 41.5 Å². The average molecular weight is 1330 g/mol. The summed E-state index contributed by atoms with van der Waals surface area (Å²) in [6.45, 7) is 28.4. The lowest BCUT2D eigenvalue weighted by molar-refractivity contribution is -0.159. The number of allylic oxidation sites excluding steroid dienone is 1. The highest BCUT2D eigenvalue weighted by molar-refractivity contribution is 6.01. The zero-order valence-corrected chi connectivity index (χ0v) is 60.8. The number of hydrogen-bond acceptors (Lipinski definition) is 15. The summed E-state index contributed by atoms with van der Waals surface area (Å²) in [6.07, 6.45) is 1.69. The Morgan fingerprint density at radius 1 is 0.596 bits per heavy atom. The van der Waals surface area contributed by atoms with E-state index in [-0.39, 0.29) is 75.3 Å². The van der Waals surface area contributed by atoms with E-state index >= 15 is 19.2 Å². The molecule has 0 bridgehead atoms. The van der Waals surface area contributed by atoms with E-state index in [1.165, 1.54) is 99.8 Å². The fourth-order valence-corrected chi connectivity index (χ4v) is 12.3. The van der Waals surface area contributed by atoms with Gasteiger partial charge in [0.25, 0.3) is 0 Å². The van der Waals surface area contributed by atoms with Crippen molar-refractivity contribution in [2.75, 3.05) is 82.2 Å². The molecular formula is C67H119N13O14. The molecule has 0 aromatic heterocycles. The van der Waals surface area contributed by atoms with Crippen molar-refractivity contribution in [3.63, 3.8) is 0 Å². The molecule has 8 N–H and O–H groups in total. The van der Waals surface area contributed by atoms with Gasteiger partial charge in [-0.15, -0.1) is 0 Å². The molecule has 27 heteroatoms. The maximum atomic E-state index is 15.6. The summed E-state index contributed by atoms with van der Waals surface area (Å²) >= 11 is 0. The standard InChI is InChI=1S/C67H119N13O14/c1-24-47-62(89)74(17)36-52(82)75(18)48(32-37(2)3)59(86)73-53(41(10)11)64(91)76(19)49(33-38(4)5)58(85)70-44(15)57(84)71-45(16)61(88)77(20)50(34-39(6)7)63(90)80(23)67(35-46(67)40(8)9)66(93)79(22)54(42(12)13)65(92)78(21)55(60(87)72-47)56(83)43(14)26-25-27-51(81)69-29-31-94-30-28-68/h25,27,37-50,53-56,83H,24,26,28-36,68H2,1-23H3,(H,69,81)(H,70,85)(H,71,84)(H,72,87)(H,73,86)/b27-25+/t43-,44+,45-,46?,47+,48+,49+,50+,53+,54+,55+,56-,67?/m1/s1. The average Bonchev–Trinajstić information content (AvgIpc) is 1.55. The fraction of sp³-hybridized carbons (Fsp3) is 0.791. The molecule has 0 aromatic rings. The lowest BCUT2D eigenvalue weighted by Gasteiger charge is -2.42. The molecule has 27 nitrogen and oxygen atoms in total. The van der Waals surface area contributed by atoms with Gasteiger partial charge < -0.3 is 76.5 Å². The number of carbonyl (C=O) groups excluding carboxylic acids is 12. The number of aliphatic hydroxyl groups is 1. The first kappa shape index (κ1) is 83.4. The number of likely N-dealkylation sites (N-methyl/N-ethyl adjacent to an activating group) is 7. The predicted octanol–water partition coefficient (Wildman–Crippen LogP) is 1.34. The largest absolute Gasteiger partial charge is 0.390 e. The summed E-state index contributed by atoms with van der Waals surface area (Å²) in [5.74, 6) is -11.3. The van der Waals surface area contributed by atoms with Crippen molar-refractivity contribution in [1.29, 1.82) is 0 Å². The minimum Gasteiger partial charge on any atom is -0.390 e. The second kappa shape index (κ2) is 37.5. The van der Waals surface area contributed by atoms with Crippen molar-refractivity contribution in [2.45, 2.75) is 215 Å². The van der Waals surface area contributed by atoms with E-state index in [4.69, 9.17) is 10.5 Å². The van der Waals surface area contributed by atoms with Crippen molar-refractivity contribution in [2.24, 2.45) is 53.1 Å². The molecule has 12 amide bonds. The molecule has 94 heavy (non-hydrogen) atoms. The number of aliphatic hydroxyl groups excluding tert-OH is 1. The third-order valence-corrected chi connectivity index (χ3v) is 18.2. The van der Waals surface area contributed by atoms with Crippen LogP contribution in [0.2, 0.25) is 0 Å². The molecule has 1 heterocycles. The number of carbonyl (C=O) groups is 12. The zero-order valence-electron chi connectivity index (χ0n) is 60.8. The Balaban J connectivity index is 3.00. The van der Waals surface area contributed by atoms with E-state index in [2.05, 4.69) is 26.6 Å². The number of amides is 12. The first-order chi connectivity index (χ1) is 43.6. The highest BCUT2D eigenvalue weighted by Gasteiger charge is 2.67. The van der Waals surface area contributed by atoms with Crippen molar-refractivity contribution in [3.8, 4) is 0 Å². The van der Waals surface area contributed by atoms with Crippen LogP contribution in [0.4, 0.5) is 0 Å². The van der Waals surface area contributed by atoms with Crippen molar-refractivity contribution in [1.82, 2.24) is 60.9 Å². The lowest BCUT2D eigenvalue weighted by Crippen LogP contribution is -2.64. The van der Waals surface area contributed by atoms with E-state index in [0.29, 0.717) is 13.2 Å². The zero-order chi connectivity index (χ0) is 72.3. The Kier molecular flexibility index (Phi) is 33.3. The molecule has 13 atom stereocenters. The van der Waals surface area contributed by atoms with Gasteiger partial charge in [0.1, 0.15) is 59.9 Å². The Bertz CT molecular complexity index is 2650. The fourth-order valence-electron chi connectivity index (χ4n) is 12.3. The first-order valence-corrected chi connectivity index (χ1v) is 33.6. The van der Waals surface area contributed by atoms with Crippen LogP contribution in [0.25, 0.3) is 0 Å². The van der Waals surface area contributed by atoms with E-state index < -0.39 is 167 Å². The molecule has 536 valence electrons. The second-order valence-corrected chi connectivity index (χ2v) is 28.4. The molecule has 2 fully saturated rings. The van der Waals surface area contributed by atoms with Gasteiger partial charge in [-0.3, -0.25) is 57.5 Å². The normalized spacial score (nSPS) is 27.4. The van der Waals surface area contributed by atoms with Crippen LogP contribution in [-0.2, 0) is 62.3 Å². The Labute approximate surface area is 559 Å². The van der Waals surface area contributed by atoms with Gasteiger partial charge in [-0.05, 0) is 106 Å². The number of ether oxygens (including phenoxy) is 1. The minimum atomic E-state index is -1.75. The predicted molar refractivity (Wildman–Crippen MR) is 358 cm³/mol. The van der Waals surface area contributed by atoms with E-state index in [0.717, 1.165) is 9.80 Å². The number of nitrogens with one attached hydrogen (secondary N) is 5. The maximum Gasteiger partial charge on any atom is 0.249 e. The van der Waals surface area contributed by atoms with Gasteiger partial charge in [0, 0.05) is 62.4 Å². The Hall–Kier alpha value is -6.74. The maximum absolute atomic E-state index is 15.6. The summed E-state index contributed by atoms with van der Waals surface area (Å²) in [4.78, 5) is 183. The molecule has 2 unspecified atom stereocenters. The first-order valence-electron chi connectivity index (χ1n) is 33.6. The van der Waals surface area contributed by atoms with Gasteiger partial charge in [-0.2, -0.15) is 0 Å². The van der Waals surface area contributed by atoms with Crippen molar-refractivity contribution >= 4 is 70.9 Å². The molecular weight excluding hydrogens is 1210 g/mol. The molecule has 1 aliphatic heterocycles. The van der Waals surface area contributed by atoms with Crippen LogP contribution in [0, 0.1) is 47.3 Å². The van der Waals surface area contributed by atoms with Gasteiger partial charge in [-0.25, -0.2) is 0 Å². The van der Waals surface area contributed by atoms with Gasteiger partial charge in [0.2, 0.25) is 70.9 Å². The summed E-state index contributed by atoms with van der Waals surface area (Å²) in [6, 6.07) is -11.6. The molecule has 1 spiro atoms. The van der Waals surface area contributed by atoms with Crippen LogP contribution < -0.4 is 32.3 Å². The molecule has 0 radical (unpaired) electrons. The molecule has 1 saturated carbocycles. The highest BCUT2D eigenvalue weighted by Crippen LogP contribution is 2.54. The molecule has 2 rings (SSSR count). The summed E-state index contributed by atoms with van der Waals surface area (Å²) in [7, 11) is 9.85. The monoisotopic (exact) mass is 1330 g/mol. The Morgan fingerprint density at radius 2 is 1.12 bits per heavy atom. The number of nitrogens with zero attached hydrogens (tertiary/aromatic N) is 7. The molecule has 1 aliphatic carbocycles. The second-order valence-electron chi connectivity index (χ2n) is 28.4. The summed E-state index contributed by atoms with van der Waals surface area (Å²) in [5, 5.41) is 26.0. The van der Waals surface area contributed by atoms with Gasteiger partial charge in [0.05, 0.1) is 25.9 Å². The third kappa shape index (κ3) is 22.2. The molecule has 0 aromatic carbocycles. The minimum absolute atomic E-state index is 0.0218. The van der Waals surface area contributed by atoms with Crippen molar-refractivity contribution < 1.29 is 67.4 Å². The SMILES string of the molecule is CC[C@@H]1NC(=O)[C@H]([C@H](O)[C@H](C)C/C=C/C(=O)NCCOCCN)N(C)C(=O)[C@H](C(C)C)N(C)C(=O)C2(CC2C(C)C)N(C)C(=O)[C@H](CC(C)C)N(C)C(=O)[C@@H](C)NC(=O)[C@H](C)NC(=O)[C@H](CC(C)C)N(C)C(=O)[C@H](C(C)C)NC(=O)[C@H](CC(C)C)N(C)C(=O)CN(C)C1=O. The summed E-state index contributed by atoms with van der Waals surface area (Å²) < 4.78 is 5.33. The van der Waals surface area contributed by atoms with Crippen LogP contribution in [-0.4, -0.2) is 258 Å². The smallest absolute Gasteiger partial charge is 0.249 e. The van der Waals surface area contributed by atoms with Crippen LogP contribution in [0.5, 0.6) is 0 Å². The van der Waals surface area contributed by atoms with Crippen LogP contribution in [0.15, 0.2) is 12.2 Å². The Morgan fingerprint density at radius 3 is 1.62 bits per heavy atom. The highest BCUT2D eigenvalue weighted by atomic mass is 16.5. The molecule has 2 aliphatic rings. The number of nitrogens with two attached hydrogens (primary N) is 1. The van der Waals surface area contributed by atoms with Crippen LogP contribution in [0.1, 0.15) is 149 Å². The van der Waals surface area contributed by atoms with Crippen LogP contribution in [0.3, 0.4) is 0 Å². The van der Waals surface area contributed by atoms with Gasteiger partial charge >= 0.3 is 0 Å². The van der Waals surface area contributed by atoms with E-state index in [9.17, 15) is 43.5 Å². The van der Waals surface area contributed by atoms with Crippen molar-refractivity contribution in [3.05, 3.63) is 12.2 Å². The molecule has 1 saturated heterocycles. The van der Waals surface area contributed by atoms with E-state index in [1.807, 2.05) is 55.4 Å². The quantitative estimate of drug-likeness (QED) is 0.0668. The topological polar surface area (TPSA) is 343 Å². The van der Waals surface area contributed by atoms with Crippen LogP contribution >= 0.6 is 0 Å². The number of rotatable bonds is 20. The van der Waals surface area contributed by atoms with Gasteiger partial charge in [-0.1, -0.05) is 103 Å².